The minimum atomic E-state index is -0.408. The van der Waals surface area contributed by atoms with Crippen LogP contribution in [-0.4, -0.2) is 15.5 Å². The number of benzene rings is 2. The molecular formula is C22H17N3O2. The quantitative estimate of drug-likeness (QED) is 0.607. The number of hydrogen-bond donors (Lipinski definition) is 1. The Morgan fingerprint density at radius 3 is 2.44 bits per heavy atom. The van der Waals surface area contributed by atoms with Gasteiger partial charge in [0.25, 0.3) is 5.91 Å². The number of para-hydroxylation sites is 1. The van der Waals surface area contributed by atoms with Gasteiger partial charge >= 0.3 is 0 Å². The highest BCUT2D eigenvalue weighted by Crippen LogP contribution is 2.16. The molecule has 2 heterocycles. The number of pyridine rings is 2. The van der Waals surface area contributed by atoms with E-state index in [1.807, 2.05) is 53.1 Å². The molecule has 0 aliphatic rings. The summed E-state index contributed by atoms with van der Waals surface area (Å²) >= 11 is 0. The predicted molar refractivity (Wildman–Crippen MR) is 106 cm³/mol. The molecule has 5 heteroatoms. The molecule has 27 heavy (non-hydrogen) atoms. The molecule has 1 amide bonds. The first kappa shape index (κ1) is 16.7. The third-order valence-electron chi connectivity index (χ3n) is 4.33. The fourth-order valence-corrected chi connectivity index (χ4v) is 3.03. The van der Waals surface area contributed by atoms with Crippen molar-refractivity contribution in [1.82, 2.24) is 9.55 Å². The maximum absolute atomic E-state index is 12.9. The summed E-state index contributed by atoms with van der Waals surface area (Å²) in [4.78, 5) is 29.3. The Hall–Kier alpha value is -3.73. The standard InChI is InChI=1S/C22H17N3O2/c26-21-17-10-4-5-12-20(17)25(14-16-8-2-1-3-9-16)15-19(21)24-22(27)18-11-6-7-13-23-18/h1-13,15H,14H2,(H,24,27). The molecule has 1 N–H and O–H groups in total. The smallest absolute Gasteiger partial charge is 0.274 e. The van der Waals surface area contributed by atoms with Gasteiger partial charge in [0.2, 0.25) is 5.43 Å². The van der Waals surface area contributed by atoms with Crippen molar-refractivity contribution in [2.75, 3.05) is 5.32 Å². The number of rotatable bonds is 4. The number of nitrogens with one attached hydrogen (secondary N) is 1. The minimum absolute atomic E-state index is 0.209. The first-order valence-electron chi connectivity index (χ1n) is 8.61. The van der Waals surface area contributed by atoms with Gasteiger partial charge in [-0.05, 0) is 29.8 Å². The van der Waals surface area contributed by atoms with E-state index in [1.165, 1.54) is 0 Å². The number of nitrogens with zero attached hydrogens (tertiary/aromatic N) is 2. The summed E-state index contributed by atoms with van der Waals surface area (Å²) in [6.45, 7) is 0.591. The van der Waals surface area contributed by atoms with Crippen molar-refractivity contribution in [2.45, 2.75) is 6.54 Å². The summed E-state index contributed by atoms with van der Waals surface area (Å²) in [5.74, 6) is -0.408. The molecule has 0 spiro atoms. The van der Waals surface area contributed by atoms with E-state index in [0.717, 1.165) is 11.1 Å². The van der Waals surface area contributed by atoms with E-state index in [0.29, 0.717) is 11.9 Å². The van der Waals surface area contributed by atoms with Crippen molar-refractivity contribution < 1.29 is 4.79 Å². The minimum Gasteiger partial charge on any atom is -0.341 e. The Bertz CT molecular complexity index is 1150. The molecule has 0 fully saturated rings. The van der Waals surface area contributed by atoms with Gasteiger partial charge in [0.15, 0.2) is 0 Å². The first-order chi connectivity index (χ1) is 13.2. The van der Waals surface area contributed by atoms with Crippen LogP contribution in [0.5, 0.6) is 0 Å². The number of aromatic nitrogens is 2. The second-order valence-electron chi connectivity index (χ2n) is 6.17. The normalized spacial score (nSPS) is 10.7. The van der Waals surface area contributed by atoms with E-state index in [2.05, 4.69) is 10.3 Å². The number of amides is 1. The van der Waals surface area contributed by atoms with E-state index in [4.69, 9.17) is 0 Å². The van der Waals surface area contributed by atoms with Crippen molar-refractivity contribution in [3.05, 3.63) is 107 Å². The molecule has 4 aromatic rings. The molecule has 2 aromatic heterocycles. The first-order valence-corrected chi connectivity index (χ1v) is 8.61. The van der Waals surface area contributed by atoms with Crippen molar-refractivity contribution in [2.24, 2.45) is 0 Å². The Morgan fingerprint density at radius 1 is 0.926 bits per heavy atom. The lowest BCUT2D eigenvalue weighted by Crippen LogP contribution is -2.21. The summed E-state index contributed by atoms with van der Waals surface area (Å²) in [6.07, 6.45) is 3.24. The molecule has 0 aliphatic heterocycles. The molecule has 0 saturated heterocycles. The van der Waals surface area contributed by atoms with Crippen molar-refractivity contribution in [3.63, 3.8) is 0 Å². The molecule has 0 unspecified atom stereocenters. The van der Waals surface area contributed by atoms with Crippen molar-refractivity contribution in [1.29, 1.82) is 0 Å². The lowest BCUT2D eigenvalue weighted by Gasteiger charge is -2.14. The lowest BCUT2D eigenvalue weighted by molar-refractivity contribution is 0.102. The molecular weight excluding hydrogens is 338 g/mol. The van der Waals surface area contributed by atoms with Crippen LogP contribution in [-0.2, 0) is 6.54 Å². The van der Waals surface area contributed by atoms with Crippen molar-refractivity contribution in [3.8, 4) is 0 Å². The zero-order valence-corrected chi connectivity index (χ0v) is 14.5. The van der Waals surface area contributed by atoms with E-state index >= 15 is 0 Å². The second-order valence-corrected chi connectivity index (χ2v) is 6.17. The molecule has 2 aromatic carbocycles. The summed E-state index contributed by atoms with van der Waals surface area (Å²) in [5, 5.41) is 3.27. The van der Waals surface area contributed by atoms with Gasteiger partial charge < -0.3 is 9.88 Å². The summed E-state index contributed by atoms with van der Waals surface area (Å²) in [5.41, 5.74) is 2.22. The van der Waals surface area contributed by atoms with Crippen LogP contribution in [0, 0.1) is 0 Å². The van der Waals surface area contributed by atoms with Crippen LogP contribution < -0.4 is 10.7 Å². The van der Waals surface area contributed by atoms with Crippen LogP contribution in [0.3, 0.4) is 0 Å². The molecule has 4 rings (SSSR count). The number of hydrogen-bond acceptors (Lipinski definition) is 3. The highest BCUT2D eigenvalue weighted by Gasteiger charge is 2.13. The molecule has 132 valence electrons. The van der Waals surface area contributed by atoms with Gasteiger partial charge in [-0.15, -0.1) is 0 Å². The Kier molecular flexibility index (Phi) is 4.49. The lowest BCUT2D eigenvalue weighted by atomic mass is 10.1. The SMILES string of the molecule is O=C(Nc1cn(Cc2ccccc2)c2ccccc2c1=O)c1ccccn1. The van der Waals surface area contributed by atoms with Gasteiger partial charge in [-0.3, -0.25) is 14.6 Å². The number of carbonyl (C=O) groups excluding carboxylic acids is 1. The van der Waals surface area contributed by atoms with Crippen LogP contribution >= 0.6 is 0 Å². The fraction of sp³-hybridized carbons (Fsp3) is 0.0455. The highest BCUT2D eigenvalue weighted by atomic mass is 16.2. The average molecular weight is 355 g/mol. The zero-order valence-electron chi connectivity index (χ0n) is 14.5. The van der Waals surface area contributed by atoms with Crippen molar-refractivity contribution >= 4 is 22.5 Å². The van der Waals surface area contributed by atoms with Gasteiger partial charge in [-0.2, -0.15) is 0 Å². The Labute approximate surface area is 155 Å². The van der Waals surface area contributed by atoms with Gasteiger partial charge in [0.1, 0.15) is 11.4 Å². The molecule has 0 aliphatic carbocycles. The van der Waals surface area contributed by atoms with E-state index < -0.39 is 5.91 Å². The van der Waals surface area contributed by atoms with Gasteiger partial charge in [0, 0.05) is 24.3 Å². The maximum atomic E-state index is 12.9. The highest BCUT2D eigenvalue weighted by molar-refractivity contribution is 6.03. The van der Waals surface area contributed by atoms with Gasteiger partial charge in [0.05, 0.1) is 5.52 Å². The Morgan fingerprint density at radius 2 is 1.67 bits per heavy atom. The molecule has 0 atom stereocenters. The number of anilines is 1. The van der Waals surface area contributed by atoms with Crippen LogP contribution in [0.15, 0.2) is 90.0 Å². The van der Waals surface area contributed by atoms with Gasteiger partial charge in [-0.25, -0.2) is 0 Å². The van der Waals surface area contributed by atoms with Crippen LogP contribution in [0.25, 0.3) is 10.9 Å². The van der Waals surface area contributed by atoms with Crippen LogP contribution in [0.4, 0.5) is 5.69 Å². The third-order valence-corrected chi connectivity index (χ3v) is 4.33. The van der Waals surface area contributed by atoms with E-state index in [9.17, 15) is 9.59 Å². The number of fused-ring (bicyclic) bond motifs is 1. The predicted octanol–water partition coefficient (Wildman–Crippen LogP) is 3.70. The summed E-state index contributed by atoms with van der Waals surface area (Å²) in [6, 6.07) is 22.4. The Balaban J connectivity index is 1.78. The van der Waals surface area contributed by atoms with E-state index in [1.54, 1.807) is 36.7 Å². The monoisotopic (exact) mass is 355 g/mol. The van der Waals surface area contributed by atoms with Crippen LogP contribution in [0.2, 0.25) is 0 Å². The number of carbonyl (C=O) groups is 1. The molecule has 5 nitrogen and oxygen atoms in total. The topological polar surface area (TPSA) is 64.0 Å². The molecule has 0 bridgehead atoms. The summed E-state index contributed by atoms with van der Waals surface area (Å²) in [7, 11) is 0. The van der Waals surface area contributed by atoms with E-state index in [-0.39, 0.29) is 16.8 Å². The largest absolute Gasteiger partial charge is 0.341 e. The van der Waals surface area contributed by atoms with Crippen LogP contribution in [0.1, 0.15) is 16.1 Å². The fourth-order valence-electron chi connectivity index (χ4n) is 3.03. The molecule has 0 saturated carbocycles. The third kappa shape index (κ3) is 3.48. The average Bonchev–Trinajstić information content (AvgIpc) is 2.73. The zero-order chi connectivity index (χ0) is 18.6. The summed E-state index contributed by atoms with van der Waals surface area (Å²) < 4.78 is 1.97. The molecule has 0 radical (unpaired) electrons. The maximum Gasteiger partial charge on any atom is 0.274 e. The van der Waals surface area contributed by atoms with Gasteiger partial charge in [-0.1, -0.05) is 48.5 Å². The second kappa shape index (κ2) is 7.25.